The molecule has 0 bridgehead atoms. The van der Waals surface area contributed by atoms with Crippen molar-refractivity contribution in [3.05, 3.63) is 0 Å². The summed E-state index contributed by atoms with van der Waals surface area (Å²) in [7, 11) is 0. The molecule has 0 amide bonds. The smallest absolute Gasteiger partial charge is 0.0352 e. The predicted octanol–water partition coefficient (Wildman–Crippen LogP) is 29.3. The average molecular weight is 1230 g/mol. The van der Waals surface area contributed by atoms with Crippen LogP contribution in [-0.4, -0.2) is 0 Å². The van der Waals surface area contributed by atoms with Crippen LogP contribution in [-0.2, 0) is 0 Å². The number of rotatable bonds is 12. The van der Waals surface area contributed by atoms with Crippen molar-refractivity contribution in [2.24, 2.45) is 195 Å². The molecule has 7 aliphatic rings. The lowest BCUT2D eigenvalue weighted by Gasteiger charge is -2.54. The molecule has 7 fully saturated rings. The number of hydrogen-bond donors (Lipinski definition) is 0. The molecule has 0 nitrogen and oxygen atoms in total. The lowest BCUT2D eigenvalue weighted by Crippen LogP contribution is -2.47. The third-order valence-corrected chi connectivity index (χ3v) is 31.5. The summed E-state index contributed by atoms with van der Waals surface area (Å²) >= 11 is 0. The van der Waals surface area contributed by atoms with Gasteiger partial charge in [0, 0.05) is 0 Å². The first-order valence-corrected chi connectivity index (χ1v) is 41.5. The molecule has 0 heterocycles. The minimum atomic E-state index is 0.878. The number of hydrogen-bond acceptors (Lipinski definition) is 0. The van der Waals surface area contributed by atoms with Crippen LogP contribution in [0.3, 0.4) is 0 Å². The third kappa shape index (κ3) is 24.3. The van der Waals surface area contributed by atoms with E-state index in [9.17, 15) is 0 Å². The van der Waals surface area contributed by atoms with E-state index in [0.29, 0.717) is 0 Å². The van der Waals surface area contributed by atoms with E-state index in [1.807, 2.05) is 0 Å². The normalized spacial score (nSPS) is 46.5. The standard InChI is InChI=1S/C18H34.C18H36.C16H32.C14H28.C12H24.C10H20/c1-7-15-9-17-13(5)11(3)12(4)14(6)18(17)10-16(15)8-2;1-8-17-10-12(3)14(5)16(7)15(6)13(4)11-18(17)9-2;1-7-15-9-11(3)13(5)14(6)12(4)10-16(15)8-2;1-6-13-8-10(3)12(5)11(4)9-14(13)7-2;1-5-11-7-9(3)10(4)8-12(11)6-2;1-4-9-6-8(3)7-10(9)5-2/h11-18H,7-10H2,1-6H3;12-18H,8-11H2,1-7H3;11-16H,7-10H2,1-6H3;10-14H,6-9H2,1-5H3;9-12H,5-8H2,1-4H3;8-10H,4-7H2,1-3H3/t11?,12?,13?,14?,15-,16+,17?,18?;12?,13?,14?,15?,16?,17-,18+;11?,12?,13?,14?,15-,16+;10?,11?,12?,13-,14+;9?,10?,11-,12+;8?,9-,10+. The van der Waals surface area contributed by atoms with Gasteiger partial charge in [-0.15, -0.1) is 0 Å². The Morgan fingerprint density at radius 2 is 0.295 bits per heavy atom. The summed E-state index contributed by atoms with van der Waals surface area (Å²) in [5, 5.41) is 0. The molecule has 0 heteroatoms. The van der Waals surface area contributed by atoms with E-state index in [2.05, 4.69) is 215 Å². The maximum Gasteiger partial charge on any atom is -0.0352 e. The maximum absolute atomic E-state index is 2.55. The van der Waals surface area contributed by atoms with Gasteiger partial charge in [0.25, 0.3) is 0 Å². The summed E-state index contributed by atoms with van der Waals surface area (Å²) in [6.07, 6.45) is 34.5. The average Bonchev–Trinajstić information content (AvgIpc) is 2.25. The molecule has 7 saturated carbocycles. The molecule has 0 aromatic heterocycles. The van der Waals surface area contributed by atoms with Crippen LogP contribution in [0.25, 0.3) is 0 Å². The van der Waals surface area contributed by atoms with Crippen LogP contribution in [0.4, 0.5) is 0 Å². The maximum atomic E-state index is 2.55. The molecule has 7 aliphatic carbocycles. The highest BCUT2D eigenvalue weighted by Crippen LogP contribution is 2.55. The zero-order valence-corrected chi connectivity index (χ0v) is 67.0. The van der Waals surface area contributed by atoms with Crippen molar-refractivity contribution in [2.45, 2.75) is 369 Å². The highest BCUT2D eigenvalue weighted by Gasteiger charge is 2.48. The molecule has 0 spiro atoms. The summed E-state index contributed by atoms with van der Waals surface area (Å²) in [5.41, 5.74) is 0. The molecule has 88 heavy (non-hydrogen) atoms. The summed E-state index contributed by atoms with van der Waals surface area (Å²) in [5.74, 6) is 31.7. The first-order chi connectivity index (χ1) is 41.5. The highest BCUT2D eigenvalue weighted by atomic mass is 14.5. The van der Waals surface area contributed by atoms with Crippen molar-refractivity contribution in [1.82, 2.24) is 0 Å². The SMILES string of the molecule is CC[C@@H]1CC(C)C(C)C(C)C(C)C(C)C[C@@H]1CC.CC[C@@H]1CC(C)C(C)C(C)C(C)C[C@@H]1CC.CC[C@@H]1CC(C)C(C)C(C)C[C@@H]1CC.CC[C@@H]1CC(C)C(C)C[C@@H]1CC.CC[C@@H]1CC(C)C[C@@H]1CC.CC[C@@H]1CC2C(C)C(C)C(C)C(C)C2C[C@@H]1CC. The molecule has 0 radical (unpaired) electrons. The Balaban J connectivity index is 0.000000364. The van der Waals surface area contributed by atoms with Gasteiger partial charge in [-0.2, -0.15) is 0 Å². The van der Waals surface area contributed by atoms with Gasteiger partial charge in [-0.3, -0.25) is 0 Å². The second-order valence-electron chi connectivity index (χ2n) is 35.7. The van der Waals surface area contributed by atoms with Crippen LogP contribution in [0.1, 0.15) is 369 Å². The second-order valence-corrected chi connectivity index (χ2v) is 35.7. The fraction of sp³-hybridized carbons (Fsp3) is 1.00. The molecule has 0 N–H and O–H groups in total. The fourth-order valence-corrected chi connectivity index (χ4v) is 22.1. The lowest BCUT2D eigenvalue weighted by atomic mass is 9.51. The van der Waals surface area contributed by atoms with Gasteiger partial charge >= 0.3 is 0 Å². The van der Waals surface area contributed by atoms with Gasteiger partial charge in [-0.05, 0) is 272 Å². The molecule has 7 rings (SSSR count). The van der Waals surface area contributed by atoms with Crippen LogP contribution in [0, 0.1) is 195 Å². The van der Waals surface area contributed by atoms with Crippen LogP contribution in [0.5, 0.6) is 0 Å². The van der Waals surface area contributed by atoms with Crippen molar-refractivity contribution < 1.29 is 0 Å². The Bertz CT molecular complexity index is 1590. The molecular formula is C88H174. The molecule has 21 unspecified atom stereocenters. The van der Waals surface area contributed by atoms with E-state index < -0.39 is 0 Å². The van der Waals surface area contributed by atoms with E-state index in [0.717, 1.165) is 195 Å². The van der Waals surface area contributed by atoms with Gasteiger partial charge < -0.3 is 0 Å². The van der Waals surface area contributed by atoms with Crippen molar-refractivity contribution in [3.8, 4) is 0 Å². The molecule has 526 valence electrons. The summed E-state index contributed by atoms with van der Waals surface area (Å²) in [6, 6.07) is 0. The van der Waals surface area contributed by atoms with Crippen molar-refractivity contribution in [1.29, 1.82) is 0 Å². The first kappa shape index (κ1) is 84.1. The largest absolute Gasteiger partial charge is 0.0651 e. The first-order valence-electron chi connectivity index (χ1n) is 41.5. The van der Waals surface area contributed by atoms with Gasteiger partial charge in [0.1, 0.15) is 0 Å². The minimum Gasteiger partial charge on any atom is -0.0651 e. The minimum absolute atomic E-state index is 0.878. The molecule has 33 atom stereocenters. The second kappa shape index (κ2) is 42.5. The van der Waals surface area contributed by atoms with Gasteiger partial charge in [0.15, 0.2) is 0 Å². The van der Waals surface area contributed by atoms with E-state index in [-0.39, 0.29) is 0 Å². The Kier molecular flexibility index (Phi) is 40.6. The predicted molar refractivity (Wildman–Crippen MR) is 402 cm³/mol. The summed E-state index contributed by atoms with van der Waals surface area (Å²) in [6.45, 7) is 75.7. The summed E-state index contributed by atoms with van der Waals surface area (Å²) < 4.78 is 0. The number of fused-ring (bicyclic) bond motifs is 1. The van der Waals surface area contributed by atoms with E-state index in [4.69, 9.17) is 0 Å². The highest BCUT2D eigenvalue weighted by molar-refractivity contribution is 4.97. The van der Waals surface area contributed by atoms with E-state index in [1.54, 1.807) is 0 Å². The molecule has 0 aromatic carbocycles. The Morgan fingerprint density at radius 1 is 0.148 bits per heavy atom. The molecule has 0 aromatic rings. The molecule has 0 aliphatic heterocycles. The van der Waals surface area contributed by atoms with Crippen LogP contribution in [0.2, 0.25) is 0 Å². The Labute approximate surface area is 560 Å². The monoisotopic (exact) mass is 1230 g/mol. The van der Waals surface area contributed by atoms with Gasteiger partial charge in [0.2, 0.25) is 0 Å². The molecular weight excluding hydrogens is 1060 g/mol. The Hall–Kier alpha value is 0. The third-order valence-electron chi connectivity index (χ3n) is 31.5. The van der Waals surface area contributed by atoms with Gasteiger partial charge in [-0.1, -0.05) is 292 Å². The summed E-state index contributed by atoms with van der Waals surface area (Å²) in [4.78, 5) is 0. The van der Waals surface area contributed by atoms with E-state index in [1.165, 1.54) is 154 Å². The van der Waals surface area contributed by atoms with Crippen LogP contribution >= 0.6 is 0 Å². The topological polar surface area (TPSA) is 0 Å². The van der Waals surface area contributed by atoms with Crippen molar-refractivity contribution in [2.75, 3.05) is 0 Å². The van der Waals surface area contributed by atoms with Crippen LogP contribution < -0.4 is 0 Å². The zero-order chi connectivity index (χ0) is 67.0. The van der Waals surface area contributed by atoms with Crippen molar-refractivity contribution >= 4 is 0 Å². The quantitative estimate of drug-likeness (QED) is 0.171. The van der Waals surface area contributed by atoms with Gasteiger partial charge in [0.05, 0.1) is 0 Å². The van der Waals surface area contributed by atoms with Crippen molar-refractivity contribution in [3.63, 3.8) is 0 Å². The van der Waals surface area contributed by atoms with E-state index >= 15 is 0 Å². The Morgan fingerprint density at radius 3 is 0.500 bits per heavy atom. The fourth-order valence-electron chi connectivity index (χ4n) is 22.1. The van der Waals surface area contributed by atoms with Crippen LogP contribution in [0.15, 0.2) is 0 Å². The van der Waals surface area contributed by atoms with Gasteiger partial charge in [-0.25, -0.2) is 0 Å². The zero-order valence-electron chi connectivity index (χ0n) is 67.0. The lowest BCUT2D eigenvalue weighted by molar-refractivity contribution is -0.0496. The molecule has 0 saturated heterocycles.